The minimum Gasteiger partial charge on any atom is -0.309 e. The van der Waals surface area contributed by atoms with Crippen molar-refractivity contribution in [1.82, 2.24) is 9.13 Å². The highest BCUT2D eigenvalue weighted by molar-refractivity contribution is 7.99. The average Bonchev–Trinajstić information content (AvgIpc) is 1.68. The molecule has 2 aromatic heterocycles. The van der Waals surface area contributed by atoms with Gasteiger partial charge in [0.2, 0.25) is 0 Å². The van der Waals surface area contributed by atoms with Crippen molar-refractivity contribution >= 4 is 88.7 Å². The summed E-state index contributed by atoms with van der Waals surface area (Å²) in [5.41, 5.74) is 25.9. The van der Waals surface area contributed by atoms with Gasteiger partial charge in [0, 0.05) is 52.5 Å². The first kappa shape index (κ1) is 48.2. The lowest BCUT2D eigenvalue weighted by Gasteiger charge is -2.39. The van der Waals surface area contributed by atoms with Crippen LogP contribution in [0.2, 0.25) is 0 Å². The summed E-state index contributed by atoms with van der Waals surface area (Å²) in [5.74, 6) is 0. The van der Waals surface area contributed by atoms with Gasteiger partial charge in [0.15, 0.2) is 0 Å². The SMILES string of the molecule is Cc1ccc(-n2c3cc4c(cc3c3c5ccc(-c6ccc(-n7c8cc9c(cc8c8c%10ccccc%10ccc87)C7(c8ccccc8S9)c8ccccc8-c8ccccc87)cc6)cc5ccc32)C2(c3ccccc3S4)c3ccccc3-c3ccccc32)cc1. The molecule has 0 saturated heterocycles. The maximum absolute atomic E-state index is 2.58. The van der Waals surface area contributed by atoms with Crippen LogP contribution in [0.15, 0.2) is 305 Å². The Morgan fingerprint density at radius 1 is 0.264 bits per heavy atom. The van der Waals surface area contributed by atoms with Crippen molar-refractivity contribution in [2.75, 3.05) is 0 Å². The van der Waals surface area contributed by atoms with Gasteiger partial charge in [0.1, 0.15) is 0 Å². The van der Waals surface area contributed by atoms with Gasteiger partial charge in [-0.25, -0.2) is 0 Å². The zero-order chi connectivity index (χ0) is 56.9. The summed E-state index contributed by atoms with van der Waals surface area (Å²) in [5, 5.41) is 10.1. The number of nitrogens with zero attached hydrogens (tertiary/aromatic N) is 2. The predicted molar refractivity (Wildman–Crippen MR) is 363 cm³/mol. The summed E-state index contributed by atoms with van der Waals surface area (Å²) in [7, 11) is 0. The van der Waals surface area contributed by atoms with Crippen LogP contribution in [-0.2, 0) is 10.8 Å². The van der Waals surface area contributed by atoms with Crippen molar-refractivity contribution < 1.29 is 0 Å². The second-order valence-electron chi connectivity index (χ2n) is 24.2. The van der Waals surface area contributed by atoms with E-state index in [0.29, 0.717) is 0 Å². The van der Waals surface area contributed by atoms with Crippen LogP contribution in [0.5, 0.6) is 0 Å². The number of aromatic nitrogens is 2. The molecule has 16 aromatic rings. The Hall–Kier alpha value is -10.1. The van der Waals surface area contributed by atoms with Crippen LogP contribution < -0.4 is 0 Å². The van der Waals surface area contributed by atoms with E-state index >= 15 is 0 Å². The predicted octanol–water partition coefficient (Wildman–Crippen LogP) is 21.8. The van der Waals surface area contributed by atoms with E-state index in [-0.39, 0.29) is 0 Å². The van der Waals surface area contributed by atoms with Crippen molar-refractivity contribution in [2.24, 2.45) is 0 Å². The number of rotatable bonds is 3. The lowest BCUT2D eigenvalue weighted by atomic mass is 9.67. The lowest BCUT2D eigenvalue weighted by Crippen LogP contribution is -2.31. The van der Waals surface area contributed by atoms with Crippen molar-refractivity contribution in [3.63, 3.8) is 0 Å². The molecule has 0 N–H and O–H groups in total. The molecule has 0 atom stereocenters. The number of benzene rings is 14. The van der Waals surface area contributed by atoms with Crippen LogP contribution in [0.3, 0.4) is 0 Å². The highest BCUT2D eigenvalue weighted by atomic mass is 32.2. The third-order valence-corrected chi connectivity index (χ3v) is 22.4. The monoisotopic (exact) mass is 1140 g/mol. The molecular weight excluding hydrogens is 1090 g/mol. The molecule has 0 amide bonds. The van der Waals surface area contributed by atoms with E-state index in [2.05, 4.69) is 301 Å². The smallest absolute Gasteiger partial charge is 0.0735 e. The van der Waals surface area contributed by atoms with Crippen molar-refractivity contribution in [2.45, 2.75) is 37.3 Å². The summed E-state index contributed by atoms with van der Waals surface area (Å²) in [6.45, 7) is 2.18. The van der Waals surface area contributed by atoms with Crippen LogP contribution >= 0.6 is 23.5 Å². The molecule has 2 aliphatic heterocycles. The Bertz CT molecular complexity index is 5630. The van der Waals surface area contributed by atoms with Gasteiger partial charge >= 0.3 is 0 Å². The highest BCUT2D eigenvalue weighted by Gasteiger charge is 2.52. The Kier molecular flexibility index (Phi) is 9.70. The summed E-state index contributed by atoms with van der Waals surface area (Å²) in [6, 6.07) is 109. The molecule has 2 spiro atoms. The molecule has 2 aliphatic carbocycles. The van der Waals surface area contributed by atoms with E-state index in [1.54, 1.807) is 0 Å². The van der Waals surface area contributed by atoms with Crippen LogP contribution in [-0.4, -0.2) is 9.13 Å². The molecule has 4 heterocycles. The minimum atomic E-state index is -0.476. The average molecular weight is 1140 g/mol. The van der Waals surface area contributed by atoms with E-state index in [0.717, 1.165) is 5.69 Å². The molecule has 4 aliphatic rings. The summed E-state index contributed by atoms with van der Waals surface area (Å²) in [4.78, 5) is 5.21. The number of aryl methyl sites for hydroxylation is 1. The standard InChI is InChI=1S/C83H50N2S2/c1-49-30-37-54(38-31-49)84-73-43-36-53-44-52(34-41-57(53)81(73)63-46-71-79(48-75(63)84)87-77-29-15-13-27-69(77)83(71)66-24-10-6-20-60(66)61-21-7-11-25-67(61)83)50-32-39-55(40-33-50)85-72-42-35-51-16-2-3-17-56(51)80(72)62-45-70-78(47-74(62)85)86-76-28-14-12-26-68(76)82(70)64-22-8-4-18-58(64)59-19-5-9-23-65(59)82/h2-48H,1H3. The summed E-state index contributed by atoms with van der Waals surface area (Å²) in [6.07, 6.45) is 0. The zero-order valence-corrected chi connectivity index (χ0v) is 49.0. The second kappa shape index (κ2) is 17.5. The fourth-order valence-electron chi connectivity index (χ4n) is 16.6. The molecule has 0 fully saturated rings. The fourth-order valence-corrected chi connectivity index (χ4v) is 19.0. The Morgan fingerprint density at radius 3 is 1.17 bits per heavy atom. The van der Waals surface area contributed by atoms with Gasteiger partial charge in [0.05, 0.1) is 32.9 Å². The van der Waals surface area contributed by atoms with Crippen molar-refractivity contribution in [3.05, 3.63) is 335 Å². The molecule has 0 saturated carbocycles. The van der Waals surface area contributed by atoms with E-state index in [4.69, 9.17) is 0 Å². The van der Waals surface area contributed by atoms with Crippen molar-refractivity contribution in [1.29, 1.82) is 0 Å². The first-order valence-electron chi connectivity index (χ1n) is 30.2. The van der Waals surface area contributed by atoms with Gasteiger partial charge in [-0.3, -0.25) is 0 Å². The quantitative estimate of drug-likeness (QED) is 0.174. The molecule has 87 heavy (non-hydrogen) atoms. The Balaban J connectivity index is 0.768. The molecule has 0 bridgehead atoms. The molecule has 404 valence electrons. The van der Waals surface area contributed by atoms with E-state index < -0.39 is 10.8 Å². The molecule has 0 unspecified atom stereocenters. The molecular formula is C83H50N2S2. The Labute approximate surface area is 511 Å². The van der Waals surface area contributed by atoms with Gasteiger partial charge < -0.3 is 9.13 Å². The first-order valence-corrected chi connectivity index (χ1v) is 31.8. The third kappa shape index (κ3) is 6.23. The molecule has 0 radical (unpaired) electrons. The minimum absolute atomic E-state index is 0.466. The number of fused-ring (bicyclic) bond motifs is 28. The van der Waals surface area contributed by atoms with Crippen LogP contribution in [0.25, 0.3) is 110 Å². The molecule has 14 aromatic carbocycles. The van der Waals surface area contributed by atoms with Crippen LogP contribution in [0, 0.1) is 6.92 Å². The van der Waals surface area contributed by atoms with Gasteiger partial charge in [-0.1, -0.05) is 235 Å². The van der Waals surface area contributed by atoms with Crippen LogP contribution in [0.4, 0.5) is 0 Å². The number of hydrogen-bond donors (Lipinski definition) is 0. The molecule has 2 nitrogen and oxygen atoms in total. The Morgan fingerprint density at radius 2 is 0.667 bits per heavy atom. The largest absolute Gasteiger partial charge is 0.309 e. The maximum atomic E-state index is 2.58. The summed E-state index contributed by atoms with van der Waals surface area (Å²) >= 11 is 3.83. The zero-order valence-electron chi connectivity index (χ0n) is 47.3. The van der Waals surface area contributed by atoms with E-state index in [1.165, 1.54) is 174 Å². The maximum Gasteiger partial charge on any atom is 0.0735 e. The van der Waals surface area contributed by atoms with Gasteiger partial charge in [0.25, 0.3) is 0 Å². The van der Waals surface area contributed by atoms with E-state index in [1.807, 2.05) is 23.5 Å². The highest BCUT2D eigenvalue weighted by Crippen LogP contribution is 2.65. The fraction of sp³-hybridized carbons (Fsp3) is 0.0361. The first-order chi connectivity index (χ1) is 43.0. The molecule has 20 rings (SSSR count). The van der Waals surface area contributed by atoms with E-state index in [9.17, 15) is 0 Å². The third-order valence-electron chi connectivity index (χ3n) is 20.1. The van der Waals surface area contributed by atoms with Gasteiger partial charge in [-0.05, 0) is 185 Å². The molecule has 4 heteroatoms. The normalized spacial score (nSPS) is 14.4. The lowest BCUT2D eigenvalue weighted by molar-refractivity contribution is 0.724. The van der Waals surface area contributed by atoms with Gasteiger partial charge in [-0.2, -0.15) is 0 Å². The topological polar surface area (TPSA) is 9.86 Å². The van der Waals surface area contributed by atoms with Crippen LogP contribution in [0.1, 0.15) is 50.1 Å². The second-order valence-corrected chi connectivity index (χ2v) is 26.4. The number of hydrogen-bond acceptors (Lipinski definition) is 2. The van der Waals surface area contributed by atoms with Gasteiger partial charge in [-0.15, -0.1) is 0 Å². The van der Waals surface area contributed by atoms with Crippen molar-refractivity contribution in [3.8, 4) is 44.8 Å². The summed E-state index contributed by atoms with van der Waals surface area (Å²) < 4.78 is 5.03.